The van der Waals surface area contributed by atoms with E-state index in [9.17, 15) is 5.11 Å². The van der Waals surface area contributed by atoms with Crippen LogP contribution < -0.4 is 9.47 Å². The van der Waals surface area contributed by atoms with Crippen molar-refractivity contribution in [3.05, 3.63) is 65.9 Å². The highest BCUT2D eigenvalue weighted by atomic mass is 16.5. The van der Waals surface area contributed by atoms with Crippen molar-refractivity contribution in [3.8, 4) is 23.1 Å². The van der Waals surface area contributed by atoms with Gasteiger partial charge in [0, 0.05) is 26.2 Å². The van der Waals surface area contributed by atoms with Crippen LogP contribution in [0.2, 0.25) is 0 Å². The monoisotopic (exact) mass is 479 g/mol. The number of nitrogens with zero attached hydrogens (tertiary/aromatic N) is 3. The molecular formula is C28H37N3O4. The molecule has 1 aliphatic heterocycles. The largest absolute Gasteiger partial charge is 0.493 e. The molecule has 0 unspecified atom stereocenters. The van der Waals surface area contributed by atoms with E-state index in [-0.39, 0.29) is 12.2 Å². The standard InChI is InChI=1S/C28H37N3O4/c1-4-11-23(32)18-30(19-24-14-10-17-34-24)20-25-21(2)29-31(22-12-6-5-7-13-22)28(25)35-27-16-9-8-15-26(27)33-3/h5-9,12-13,15-16,23-24,32H,4,10-11,14,17-20H2,1-3H3/t23-,24+/m1/s1. The van der Waals surface area contributed by atoms with E-state index in [0.717, 1.165) is 55.8 Å². The fourth-order valence-electron chi connectivity index (χ4n) is 4.60. The van der Waals surface area contributed by atoms with Crippen molar-refractivity contribution in [1.29, 1.82) is 0 Å². The minimum absolute atomic E-state index is 0.187. The second-order valence-electron chi connectivity index (χ2n) is 9.14. The number of hydrogen-bond acceptors (Lipinski definition) is 6. The number of para-hydroxylation sites is 3. The van der Waals surface area contributed by atoms with Gasteiger partial charge in [-0.05, 0) is 50.5 Å². The van der Waals surface area contributed by atoms with Crippen molar-refractivity contribution in [1.82, 2.24) is 14.7 Å². The van der Waals surface area contributed by atoms with Crippen molar-refractivity contribution in [3.63, 3.8) is 0 Å². The Morgan fingerprint density at radius 2 is 1.89 bits per heavy atom. The lowest BCUT2D eigenvalue weighted by molar-refractivity contribution is 0.0437. The van der Waals surface area contributed by atoms with Crippen LogP contribution in [0.3, 0.4) is 0 Å². The molecule has 35 heavy (non-hydrogen) atoms. The quantitative estimate of drug-likeness (QED) is 0.389. The minimum Gasteiger partial charge on any atom is -0.493 e. The van der Waals surface area contributed by atoms with Crippen LogP contribution >= 0.6 is 0 Å². The Balaban J connectivity index is 1.70. The Morgan fingerprint density at radius 3 is 2.57 bits per heavy atom. The maximum absolute atomic E-state index is 10.6. The second kappa shape index (κ2) is 12.2. The summed E-state index contributed by atoms with van der Waals surface area (Å²) < 4.78 is 19.8. The van der Waals surface area contributed by atoms with Crippen LogP contribution in [0.5, 0.6) is 17.4 Å². The summed E-state index contributed by atoms with van der Waals surface area (Å²) in [7, 11) is 1.64. The molecule has 2 atom stereocenters. The van der Waals surface area contributed by atoms with Gasteiger partial charge in [-0.3, -0.25) is 4.90 Å². The minimum atomic E-state index is -0.385. The smallest absolute Gasteiger partial charge is 0.227 e. The summed E-state index contributed by atoms with van der Waals surface area (Å²) >= 11 is 0. The van der Waals surface area contributed by atoms with Crippen molar-refractivity contribution < 1.29 is 19.3 Å². The fourth-order valence-corrected chi connectivity index (χ4v) is 4.60. The predicted molar refractivity (Wildman–Crippen MR) is 137 cm³/mol. The molecule has 1 aliphatic rings. The summed E-state index contributed by atoms with van der Waals surface area (Å²) in [5.74, 6) is 1.94. The Labute approximate surface area is 208 Å². The SMILES string of the molecule is CCC[C@@H](O)CN(Cc1c(C)nn(-c2ccccc2)c1Oc1ccccc1OC)C[C@@H]1CCCO1. The molecule has 1 N–H and O–H groups in total. The molecule has 0 aliphatic carbocycles. The van der Waals surface area contributed by atoms with Crippen molar-refractivity contribution in [2.24, 2.45) is 0 Å². The molecule has 2 aromatic carbocycles. The van der Waals surface area contributed by atoms with E-state index >= 15 is 0 Å². The lowest BCUT2D eigenvalue weighted by atomic mass is 10.1. The first-order valence-electron chi connectivity index (χ1n) is 12.6. The molecular weight excluding hydrogens is 442 g/mol. The van der Waals surface area contributed by atoms with Crippen LogP contribution in [0.4, 0.5) is 0 Å². The number of hydrogen-bond donors (Lipinski definition) is 1. The van der Waals surface area contributed by atoms with Gasteiger partial charge < -0.3 is 19.3 Å². The summed E-state index contributed by atoms with van der Waals surface area (Å²) in [5, 5.41) is 15.5. The zero-order valence-electron chi connectivity index (χ0n) is 21.0. The van der Waals surface area contributed by atoms with E-state index in [2.05, 4.69) is 11.8 Å². The van der Waals surface area contributed by atoms with Crippen molar-refractivity contribution >= 4 is 0 Å². The van der Waals surface area contributed by atoms with Crippen LogP contribution in [-0.4, -0.2) is 58.8 Å². The molecule has 0 spiro atoms. The Bertz CT molecular complexity index is 1060. The van der Waals surface area contributed by atoms with Crippen LogP contribution in [0.1, 0.15) is 43.9 Å². The van der Waals surface area contributed by atoms with Gasteiger partial charge in [-0.1, -0.05) is 43.7 Å². The molecule has 0 amide bonds. The summed E-state index contributed by atoms with van der Waals surface area (Å²) in [6, 6.07) is 17.6. The molecule has 4 rings (SSSR count). The highest BCUT2D eigenvalue weighted by Crippen LogP contribution is 2.36. The van der Waals surface area contributed by atoms with E-state index in [1.807, 2.05) is 66.2 Å². The number of aliphatic hydroxyl groups excluding tert-OH is 1. The van der Waals surface area contributed by atoms with Gasteiger partial charge in [0.05, 0.1) is 36.3 Å². The number of aryl methyl sites for hydroxylation is 1. The van der Waals surface area contributed by atoms with E-state index in [0.29, 0.717) is 30.5 Å². The van der Waals surface area contributed by atoms with Crippen molar-refractivity contribution in [2.75, 3.05) is 26.8 Å². The molecule has 0 saturated carbocycles. The molecule has 0 bridgehead atoms. The summed E-state index contributed by atoms with van der Waals surface area (Å²) in [6.07, 6.45) is 3.66. The first-order valence-corrected chi connectivity index (χ1v) is 12.6. The lowest BCUT2D eigenvalue weighted by Crippen LogP contribution is -2.37. The van der Waals surface area contributed by atoms with Gasteiger partial charge in [0.1, 0.15) is 0 Å². The molecule has 1 saturated heterocycles. The first kappa shape index (κ1) is 25.2. The van der Waals surface area contributed by atoms with Gasteiger partial charge in [0.25, 0.3) is 0 Å². The fraction of sp³-hybridized carbons (Fsp3) is 0.464. The summed E-state index contributed by atoms with van der Waals surface area (Å²) in [4.78, 5) is 2.28. The average Bonchev–Trinajstić information content (AvgIpc) is 3.48. The maximum Gasteiger partial charge on any atom is 0.227 e. The zero-order chi connectivity index (χ0) is 24.6. The van der Waals surface area contributed by atoms with Crippen LogP contribution in [0.15, 0.2) is 54.6 Å². The zero-order valence-corrected chi connectivity index (χ0v) is 21.0. The van der Waals surface area contributed by atoms with E-state index < -0.39 is 0 Å². The summed E-state index contributed by atoms with van der Waals surface area (Å²) in [6.45, 7) is 6.87. The van der Waals surface area contributed by atoms with Crippen LogP contribution in [-0.2, 0) is 11.3 Å². The number of ether oxygens (including phenoxy) is 3. The lowest BCUT2D eigenvalue weighted by Gasteiger charge is -2.27. The molecule has 1 fully saturated rings. The highest BCUT2D eigenvalue weighted by molar-refractivity contribution is 5.47. The number of aliphatic hydroxyl groups is 1. The molecule has 3 aromatic rings. The number of benzene rings is 2. The van der Waals surface area contributed by atoms with Gasteiger partial charge in [0.15, 0.2) is 11.5 Å². The number of aromatic nitrogens is 2. The van der Waals surface area contributed by atoms with E-state index in [4.69, 9.17) is 19.3 Å². The molecule has 7 nitrogen and oxygen atoms in total. The highest BCUT2D eigenvalue weighted by Gasteiger charge is 2.26. The average molecular weight is 480 g/mol. The van der Waals surface area contributed by atoms with Crippen LogP contribution in [0, 0.1) is 6.92 Å². The number of methoxy groups -OCH3 is 1. The molecule has 7 heteroatoms. The van der Waals surface area contributed by atoms with E-state index in [1.54, 1.807) is 7.11 Å². The Hall–Kier alpha value is -2.87. The predicted octanol–water partition coefficient (Wildman–Crippen LogP) is 5.12. The third-order valence-corrected chi connectivity index (χ3v) is 6.37. The molecule has 1 aromatic heterocycles. The van der Waals surface area contributed by atoms with Gasteiger partial charge in [-0.15, -0.1) is 0 Å². The normalized spacial score (nSPS) is 16.5. The molecule has 0 radical (unpaired) electrons. The topological polar surface area (TPSA) is 69.0 Å². The van der Waals surface area contributed by atoms with Gasteiger partial charge in [-0.25, -0.2) is 4.68 Å². The van der Waals surface area contributed by atoms with Crippen molar-refractivity contribution in [2.45, 2.75) is 58.3 Å². The van der Waals surface area contributed by atoms with Crippen LogP contribution in [0.25, 0.3) is 5.69 Å². The van der Waals surface area contributed by atoms with E-state index in [1.165, 1.54) is 0 Å². The van der Waals surface area contributed by atoms with Gasteiger partial charge in [-0.2, -0.15) is 5.10 Å². The Morgan fingerprint density at radius 1 is 1.14 bits per heavy atom. The first-order chi connectivity index (χ1) is 17.1. The Kier molecular flexibility index (Phi) is 8.79. The maximum atomic E-state index is 10.6. The third kappa shape index (κ3) is 6.42. The molecule has 188 valence electrons. The molecule has 2 heterocycles. The van der Waals surface area contributed by atoms with Gasteiger partial charge in [0.2, 0.25) is 5.88 Å². The number of rotatable bonds is 12. The van der Waals surface area contributed by atoms with Gasteiger partial charge >= 0.3 is 0 Å². The second-order valence-corrected chi connectivity index (χ2v) is 9.14. The summed E-state index contributed by atoms with van der Waals surface area (Å²) in [5.41, 5.74) is 2.80. The third-order valence-electron chi connectivity index (χ3n) is 6.37.